The molecular formula is C14H16ClN3O. The molecule has 1 unspecified atom stereocenters. The lowest BCUT2D eigenvalue weighted by Crippen LogP contribution is -2.31. The predicted octanol–water partition coefficient (Wildman–Crippen LogP) is 2.36. The number of fused-ring (bicyclic) bond motifs is 1. The van der Waals surface area contributed by atoms with Crippen molar-refractivity contribution >= 4 is 22.5 Å². The summed E-state index contributed by atoms with van der Waals surface area (Å²) in [6, 6.07) is 5.43. The molecule has 0 saturated carbocycles. The molecule has 0 bridgehead atoms. The molecule has 5 heteroatoms. The summed E-state index contributed by atoms with van der Waals surface area (Å²) in [4.78, 5) is 16.9. The Morgan fingerprint density at radius 2 is 2.26 bits per heavy atom. The molecule has 100 valence electrons. The molecule has 1 N–H and O–H groups in total. The van der Waals surface area contributed by atoms with Crippen LogP contribution in [-0.4, -0.2) is 22.6 Å². The maximum atomic E-state index is 12.5. The van der Waals surface area contributed by atoms with Crippen molar-refractivity contribution in [2.45, 2.75) is 25.3 Å². The van der Waals surface area contributed by atoms with Gasteiger partial charge in [0.1, 0.15) is 0 Å². The number of hydrogen-bond acceptors (Lipinski definition) is 3. The SMILES string of the molecule is O=c1c2cc(Cl)ccc2ncn1C1CCCCNC1. The van der Waals surface area contributed by atoms with Gasteiger partial charge in [-0.05, 0) is 37.6 Å². The summed E-state index contributed by atoms with van der Waals surface area (Å²) < 4.78 is 1.75. The fraction of sp³-hybridized carbons (Fsp3) is 0.429. The van der Waals surface area contributed by atoms with E-state index in [4.69, 9.17) is 11.6 Å². The van der Waals surface area contributed by atoms with Gasteiger partial charge >= 0.3 is 0 Å². The number of nitrogens with zero attached hydrogens (tertiary/aromatic N) is 2. The molecule has 1 aliphatic heterocycles. The number of halogens is 1. The van der Waals surface area contributed by atoms with E-state index in [9.17, 15) is 4.79 Å². The molecule has 1 aromatic carbocycles. The van der Waals surface area contributed by atoms with Crippen molar-refractivity contribution in [3.8, 4) is 0 Å². The summed E-state index contributed by atoms with van der Waals surface area (Å²) >= 11 is 5.97. The quantitative estimate of drug-likeness (QED) is 0.870. The average molecular weight is 278 g/mol. The first-order valence-corrected chi connectivity index (χ1v) is 7.00. The molecular weight excluding hydrogens is 262 g/mol. The van der Waals surface area contributed by atoms with Gasteiger partial charge in [-0.3, -0.25) is 9.36 Å². The van der Waals surface area contributed by atoms with Crippen molar-refractivity contribution in [3.63, 3.8) is 0 Å². The first kappa shape index (κ1) is 12.6. The van der Waals surface area contributed by atoms with Crippen molar-refractivity contribution in [2.75, 3.05) is 13.1 Å². The molecule has 1 saturated heterocycles. The minimum absolute atomic E-state index is 0.00111. The van der Waals surface area contributed by atoms with Gasteiger partial charge in [0.2, 0.25) is 0 Å². The lowest BCUT2D eigenvalue weighted by molar-refractivity contribution is 0.447. The van der Waals surface area contributed by atoms with Crippen LogP contribution in [0.25, 0.3) is 10.9 Å². The number of rotatable bonds is 1. The normalized spacial score (nSPS) is 20.4. The third kappa shape index (κ3) is 2.51. The topological polar surface area (TPSA) is 46.9 Å². The van der Waals surface area contributed by atoms with Crippen molar-refractivity contribution in [1.82, 2.24) is 14.9 Å². The van der Waals surface area contributed by atoms with Crippen molar-refractivity contribution < 1.29 is 0 Å². The Kier molecular flexibility index (Phi) is 3.53. The largest absolute Gasteiger partial charge is 0.315 e. The fourth-order valence-corrected chi connectivity index (χ4v) is 2.78. The standard InChI is InChI=1S/C14H16ClN3O/c15-10-4-5-13-12(7-10)14(19)18(9-17-13)11-3-1-2-6-16-8-11/h4-5,7,9,11,16H,1-3,6,8H2. The van der Waals surface area contributed by atoms with Gasteiger partial charge in [0.05, 0.1) is 23.3 Å². The molecule has 4 nitrogen and oxygen atoms in total. The summed E-state index contributed by atoms with van der Waals surface area (Å²) in [7, 11) is 0. The highest BCUT2D eigenvalue weighted by Crippen LogP contribution is 2.18. The van der Waals surface area contributed by atoms with E-state index in [0.717, 1.165) is 32.4 Å². The van der Waals surface area contributed by atoms with Gasteiger partial charge in [-0.2, -0.15) is 0 Å². The molecule has 2 heterocycles. The third-order valence-electron chi connectivity index (χ3n) is 3.66. The summed E-state index contributed by atoms with van der Waals surface area (Å²) in [5, 5.41) is 4.54. The second-order valence-electron chi connectivity index (χ2n) is 4.97. The molecule has 1 aromatic heterocycles. The van der Waals surface area contributed by atoms with Crippen LogP contribution in [0.15, 0.2) is 29.3 Å². The lowest BCUT2D eigenvalue weighted by Gasteiger charge is -2.17. The van der Waals surface area contributed by atoms with E-state index in [1.165, 1.54) is 0 Å². The number of nitrogens with one attached hydrogen (secondary N) is 1. The van der Waals surface area contributed by atoms with Crippen LogP contribution in [0.2, 0.25) is 5.02 Å². The minimum atomic E-state index is 0.00111. The van der Waals surface area contributed by atoms with Gasteiger partial charge in [-0.15, -0.1) is 0 Å². The van der Waals surface area contributed by atoms with Gasteiger partial charge in [0.25, 0.3) is 5.56 Å². The van der Waals surface area contributed by atoms with E-state index < -0.39 is 0 Å². The highest BCUT2D eigenvalue weighted by molar-refractivity contribution is 6.31. The monoisotopic (exact) mass is 277 g/mol. The van der Waals surface area contributed by atoms with Crippen LogP contribution in [0.4, 0.5) is 0 Å². The Morgan fingerprint density at radius 3 is 3.16 bits per heavy atom. The molecule has 0 aliphatic carbocycles. The molecule has 19 heavy (non-hydrogen) atoms. The van der Waals surface area contributed by atoms with Gasteiger partial charge in [-0.1, -0.05) is 18.0 Å². The van der Waals surface area contributed by atoms with Crippen molar-refractivity contribution in [3.05, 3.63) is 39.9 Å². The van der Waals surface area contributed by atoms with Crippen LogP contribution >= 0.6 is 11.6 Å². The predicted molar refractivity (Wildman–Crippen MR) is 76.8 cm³/mol. The van der Waals surface area contributed by atoms with Gasteiger partial charge in [0, 0.05) is 11.6 Å². The maximum absolute atomic E-state index is 12.5. The second kappa shape index (κ2) is 5.31. The number of benzene rings is 1. The van der Waals surface area contributed by atoms with Gasteiger partial charge in [-0.25, -0.2) is 4.98 Å². The Balaban J connectivity index is 2.08. The van der Waals surface area contributed by atoms with Gasteiger partial charge in [0.15, 0.2) is 0 Å². The summed E-state index contributed by atoms with van der Waals surface area (Å²) in [6.45, 7) is 1.85. The van der Waals surface area contributed by atoms with Crippen LogP contribution in [0.3, 0.4) is 0 Å². The van der Waals surface area contributed by atoms with E-state index in [-0.39, 0.29) is 11.6 Å². The molecule has 1 aliphatic rings. The first-order chi connectivity index (χ1) is 9.25. The average Bonchev–Trinajstić information content (AvgIpc) is 2.69. The number of hydrogen-bond donors (Lipinski definition) is 1. The van der Waals surface area contributed by atoms with Crippen LogP contribution < -0.4 is 10.9 Å². The molecule has 3 rings (SSSR count). The van der Waals surface area contributed by atoms with E-state index in [2.05, 4.69) is 10.3 Å². The molecule has 2 aromatic rings. The van der Waals surface area contributed by atoms with E-state index >= 15 is 0 Å². The van der Waals surface area contributed by atoms with Crippen molar-refractivity contribution in [2.24, 2.45) is 0 Å². The molecule has 0 spiro atoms. The molecule has 1 fully saturated rings. The first-order valence-electron chi connectivity index (χ1n) is 6.63. The maximum Gasteiger partial charge on any atom is 0.261 e. The molecule has 0 amide bonds. The summed E-state index contributed by atoms with van der Waals surface area (Å²) in [6.07, 6.45) is 4.98. The Labute approximate surface area is 116 Å². The number of aromatic nitrogens is 2. The Hall–Kier alpha value is -1.39. The summed E-state index contributed by atoms with van der Waals surface area (Å²) in [5.74, 6) is 0. The zero-order valence-corrected chi connectivity index (χ0v) is 11.4. The van der Waals surface area contributed by atoms with Crippen LogP contribution in [0.5, 0.6) is 0 Å². The van der Waals surface area contributed by atoms with Crippen LogP contribution in [0.1, 0.15) is 25.3 Å². The van der Waals surface area contributed by atoms with E-state index in [1.54, 1.807) is 29.1 Å². The Morgan fingerprint density at radius 1 is 1.37 bits per heavy atom. The zero-order chi connectivity index (χ0) is 13.2. The smallest absolute Gasteiger partial charge is 0.261 e. The Bertz CT molecular complexity index is 645. The molecule has 0 radical (unpaired) electrons. The van der Waals surface area contributed by atoms with Crippen LogP contribution in [-0.2, 0) is 0 Å². The highest BCUT2D eigenvalue weighted by atomic mass is 35.5. The lowest BCUT2D eigenvalue weighted by atomic mass is 10.1. The third-order valence-corrected chi connectivity index (χ3v) is 3.89. The highest BCUT2D eigenvalue weighted by Gasteiger charge is 2.16. The molecule has 1 atom stereocenters. The van der Waals surface area contributed by atoms with E-state index in [1.807, 2.05) is 0 Å². The van der Waals surface area contributed by atoms with Gasteiger partial charge < -0.3 is 5.32 Å². The van der Waals surface area contributed by atoms with Crippen molar-refractivity contribution in [1.29, 1.82) is 0 Å². The second-order valence-corrected chi connectivity index (χ2v) is 5.41. The van der Waals surface area contributed by atoms with Crippen LogP contribution in [0, 0.1) is 0 Å². The summed E-state index contributed by atoms with van der Waals surface area (Å²) in [5.41, 5.74) is 0.702. The fourth-order valence-electron chi connectivity index (χ4n) is 2.61. The zero-order valence-electron chi connectivity index (χ0n) is 10.6. The van der Waals surface area contributed by atoms with E-state index in [0.29, 0.717) is 15.9 Å². The minimum Gasteiger partial charge on any atom is -0.315 e.